The Labute approximate surface area is 119 Å². The molecule has 1 atom stereocenters. The third-order valence-corrected chi connectivity index (χ3v) is 3.15. The molecule has 1 rings (SSSR count). The molecule has 1 aromatic carbocycles. The fraction of sp³-hybridized carbons (Fsp3) is 0.500. The average molecular weight is 300 g/mol. The Bertz CT molecular complexity index is 505. The van der Waals surface area contributed by atoms with Crippen molar-refractivity contribution in [1.29, 1.82) is 0 Å². The van der Waals surface area contributed by atoms with Gasteiger partial charge in [0.25, 0.3) is 0 Å². The summed E-state index contributed by atoms with van der Waals surface area (Å²) in [6, 6.07) is 5.73. The highest BCUT2D eigenvalue weighted by atomic mass is 31.1. The Morgan fingerprint density at radius 3 is 2.55 bits per heavy atom. The van der Waals surface area contributed by atoms with Gasteiger partial charge < -0.3 is 14.2 Å². The lowest BCUT2D eigenvalue weighted by Gasteiger charge is -2.22. The van der Waals surface area contributed by atoms with Crippen LogP contribution in [0, 0.1) is 6.92 Å². The standard InChI is InChI=1S/C14H21O5P/c1-10-5-6-11(14(2,3)4)12(9-10)19-13(15)7-8-18-20(16)17/h5-6,9,20H,7-8H2,1-4H3,(H,16,17). The first kappa shape index (κ1) is 16.9. The van der Waals surface area contributed by atoms with Crippen LogP contribution in [-0.2, 0) is 19.3 Å². The van der Waals surface area contributed by atoms with E-state index in [9.17, 15) is 9.36 Å². The minimum atomic E-state index is -3.00. The molecule has 0 aliphatic carbocycles. The first-order chi connectivity index (χ1) is 9.20. The second-order valence-corrected chi connectivity index (χ2v) is 6.41. The van der Waals surface area contributed by atoms with Gasteiger partial charge in [0.05, 0.1) is 13.0 Å². The van der Waals surface area contributed by atoms with Crippen LogP contribution in [0.2, 0.25) is 0 Å². The van der Waals surface area contributed by atoms with Crippen molar-refractivity contribution in [2.24, 2.45) is 0 Å². The van der Waals surface area contributed by atoms with Crippen LogP contribution in [-0.4, -0.2) is 17.5 Å². The van der Waals surface area contributed by atoms with Crippen LogP contribution in [0.1, 0.15) is 38.3 Å². The van der Waals surface area contributed by atoms with Gasteiger partial charge in [0.2, 0.25) is 0 Å². The molecule has 6 heteroatoms. The Hall–Kier alpha value is -1.16. The van der Waals surface area contributed by atoms with Gasteiger partial charge in [-0.25, -0.2) is 0 Å². The second-order valence-electron chi connectivity index (χ2n) is 5.59. The summed E-state index contributed by atoms with van der Waals surface area (Å²) in [5.74, 6) is 0.0449. The predicted molar refractivity (Wildman–Crippen MR) is 77.3 cm³/mol. The zero-order chi connectivity index (χ0) is 15.3. The lowest BCUT2D eigenvalue weighted by atomic mass is 9.86. The molecule has 1 N–H and O–H groups in total. The Kier molecular flexibility index (Phi) is 5.93. The predicted octanol–water partition coefficient (Wildman–Crippen LogP) is 2.99. The van der Waals surface area contributed by atoms with Crippen molar-refractivity contribution in [2.45, 2.75) is 39.5 Å². The normalized spacial score (nSPS) is 13.1. The quantitative estimate of drug-likeness (QED) is 0.514. The highest BCUT2D eigenvalue weighted by Crippen LogP contribution is 2.32. The van der Waals surface area contributed by atoms with Crippen LogP contribution in [0.4, 0.5) is 0 Å². The molecule has 0 aromatic heterocycles. The van der Waals surface area contributed by atoms with E-state index in [0.29, 0.717) is 5.75 Å². The van der Waals surface area contributed by atoms with Crippen LogP contribution in [0.15, 0.2) is 18.2 Å². The second kappa shape index (κ2) is 7.02. The number of benzene rings is 1. The number of hydrogen-bond donors (Lipinski definition) is 1. The van der Waals surface area contributed by atoms with E-state index in [4.69, 9.17) is 9.63 Å². The summed E-state index contributed by atoms with van der Waals surface area (Å²) in [4.78, 5) is 20.2. The van der Waals surface area contributed by atoms with Crippen molar-refractivity contribution in [3.05, 3.63) is 29.3 Å². The summed E-state index contributed by atoms with van der Waals surface area (Å²) in [5, 5.41) is 0. The minimum absolute atomic E-state index is 0.0610. The van der Waals surface area contributed by atoms with E-state index in [1.165, 1.54) is 0 Å². The first-order valence-electron chi connectivity index (χ1n) is 6.37. The van der Waals surface area contributed by atoms with Crippen LogP contribution in [0.25, 0.3) is 0 Å². The lowest BCUT2D eigenvalue weighted by molar-refractivity contribution is -0.134. The van der Waals surface area contributed by atoms with Gasteiger partial charge in [-0.15, -0.1) is 0 Å². The van der Waals surface area contributed by atoms with E-state index in [2.05, 4.69) is 4.52 Å². The third-order valence-electron chi connectivity index (χ3n) is 2.70. The van der Waals surface area contributed by atoms with Crippen molar-refractivity contribution < 1.29 is 23.5 Å². The monoisotopic (exact) mass is 300 g/mol. The van der Waals surface area contributed by atoms with Crippen LogP contribution >= 0.6 is 8.25 Å². The number of aryl methyl sites for hydroxylation is 1. The van der Waals surface area contributed by atoms with Crippen molar-refractivity contribution in [3.63, 3.8) is 0 Å². The summed E-state index contributed by atoms with van der Waals surface area (Å²) < 4.78 is 20.2. The molecule has 1 unspecified atom stereocenters. The van der Waals surface area contributed by atoms with E-state index in [-0.39, 0.29) is 18.4 Å². The van der Waals surface area contributed by atoms with Gasteiger partial charge in [0.1, 0.15) is 5.75 Å². The summed E-state index contributed by atoms with van der Waals surface area (Å²) in [5.41, 5.74) is 1.79. The van der Waals surface area contributed by atoms with Gasteiger partial charge in [0.15, 0.2) is 0 Å². The summed E-state index contributed by atoms with van der Waals surface area (Å²) in [6.45, 7) is 7.91. The van der Waals surface area contributed by atoms with Crippen molar-refractivity contribution in [3.8, 4) is 5.75 Å². The number of ether oxygens (including phenoxy) is 1. The molecule has 0 radical (unpaired) electrons. The average Bonchev–Trinajstić information content (AvgIpc) is 2.26. The summed E-state index contributed by atoms with van der Waals surface area (Å²) in [6.07, 6.45) is -0.0610. The SMILES string of the molecule is Cc1ccc(C(C)(C)C)c(OC(=O)CCO[PH](=O)O)c1. The maximum atomic E-state index is 11.7. The molecule has 0 aliphatic rings. The molecular formula is C14H21O5P. The van der Waals surface area contributed by atoms with E-state index in [0.717, 1.165) is 11.1 Å². The van der Waals surface area contributed by atoms with Crippen LogP contribution in [0.5, 0.6) is 5.75 Å². The van der Waals surface area contributed by atoms with Crippen molar-refractivity contribution >= 4 is 14.2 Å². The van der Waals surface area contributed by atoms with E-state index in [1.54, 1.807) is 0 Å². The van der Waals surface area contributed by atoms with Gasteiger partial charge in [-0.1, -0.05) is 32.9 Å². The smallest absolute Gasteiger partial charge is 0.316 e. The molecule has 1 aromatic rings. The fourth-order valence-corrected chi connectivity index (χ4v) is 2.01. The highest BCUT2D eigenvalue weighted by Gasteiger charge is 2.20. The van der Waals surface area contributed by atoms with E-state index >= 15 is 0 Å². The number of hydrogen-bond acceptors (Lipinski definition) is 4. The maximum absolute atomic E-state index is 11.7. The molecule has 0 saturated carbocycles. The zero-order valence-corrected chi connectivity index (χ0v) is 13.2. The van der Waals surface area contributed by atoms with Gasteiger partial charge in [0, 0.05) is 5.56 Å². The lowest BCUT2D eigenvalue weighted by Crippen LogP contribution is -2.17. The number of carbonyl (C=O) groups is 1. The Morgan fingerprint density at radius 1 is 1.35 bits per heavy atom. The molecular weight excluding hydrogens is 279 g/mol. The molecule has 0 saturated heterocycles. The maximum Gasteiger partial charge on any atom is 0.316 e. The molecule has 112 valence electrons. The number of rotatable bonds is 5. The summed E-state index contributed by atoms with van der Waals surface area (Å²) in [7, 11) is -3.00. The van der Waals surface area contributed by atoms with Crippen LogP contribution in [0.3, 0.4) is 0 Å². The summed E-state index contributed by atoms with van der Waals surface area (Å²) >= 11 is 0. The number of esters is 1. The zero-order valence-electron chi connectivity index (χ0n) is 12.2. The molecule has 0 fully saturated rings. The molecule has 0 spiro atoms. The highest BCUT2D eigenvalue weighted by molar-refractivity contribution is 7.32. The molecule has 5 nitrogen and oxygen atoms in total. The van der Waals surface area contributed by atoms with E-state index in [1.807, 2.05) is 45.9 Å². The molecule has 0 amide bonds. The molecule has 0 aliphatic heterocycles. The molecule has 20 heavy (non-hydrogen) atoms. The largest absolute Gasteiger partial charge is 0.426 e. The van der Waals surface area contributed by atoms with E-state index < -0.39 is 14.2 Å². The molecule has 0 bridgehead atoms. The fourth-order valence-electron chi connectivity index (χ4n) is 1.73. The van der Waals surface area contributed by atoms with Gasteiger partial charge >= 0.3 is 14.2 Å². The van der Waals surface area contributed by atoms with Gasteiger partial charge in [-0.05, 0) is 24.0 Å². The molecule has 0 heterocycles. The van der Waals surface area contributed by atoms with Crippen LogP contribution < -0.4 is 4.74 Å². The third kappa shape index (κ3) is 5.45. The first-order valence-corrected chi connectivity index (χ1v) is 7.64. The van der Waals surface area contributed by atoms with Crippen molar-refractivity contribution in [2.75, 3.05) is 6.61 Å². The topological polar surface area (TPSA) is 72.8 Å². The van der Waals surface area contributed by atoms with Crippen molar-refractivity contribution in [1.82, 2.24) is 0 Å². The Balaban J connectivity index is 2.78. The Morgan fingerprint density at radius 2 is 2.00 bits per heavy atom. The number of carbonyl (C=O) groups excluding carboxylic acids is 1. The van der Waals surface area contributed by atoms with Gasteiger partial charge in [-0.2, -0.15) is 0 Å². The van der Waals surface area contributed by atoms with Gasteiger partial charge in [-0.3, -0.25) is 9.36 Å². The minimum Gasteiger partial charge on any atom is -0.426 e.